The van der Waals surface area contributed by atoms with E-state index in [4.69, 9.17) is 23.7 Å². The Bertz CT molecular complexity index is 432. The molecule has 22 heavy (non-hydrogen) atoms. The van der Waals surface area contributed by atoms with Crippen LogP contribution in [-0.4, -0.2) is 78.0 Å². The summed E-state index contributed by atoms with van der Waals surface area (Å²) in [6, 6.07) is 0. The van der Waals surface area contributed by atoms with Gasteiger partial charge >= 0.3 is 0 Å². The Morgan fingerprint density at radius 1 is 1.05 bits per heavy atom. The van der Waals surface area contributed by atoms with Crippen LogP contribution in [0.1, 0.15) is 26.7 Å². The molecule has 0 aromatic rings. The van der Waals surface area contributed by atoms with Crippen LogP contribution < -0.4 is 0 Å². The summed E-state index contributed by atoms with van der Waals surface area (Å²) in [5, 5.41) is 20.9. The molecule has 4 fully saturated rings. The second-order valence-corrected chi connectivity index (χ2v) is 6.99. The van der Waals surface area contributed by atoms with Crippen molar-refractivity contribution in [1.82, 2.24) is 0 Å². The number of aliphatic hydroxyl groups excluding tert-OH is 2. The fourth-order valence-corrected chi connectivity index (χ4v) is 4.11. The van der Waals surface area contributed by atoms with Crippen LogP contribution in [0.3, 0.4) is 0 Å². The van der Waals surface area contributed by atoms with Crippen molar-refractivity contribution < 1.29 is 33.9 Å². The fourth-order valence-electron chi connectivity index (χ4n) is 4.11. The lowest BCUT2D eigenvalue weighted by Gasteiger charge is -2.57. The number of ether oxygens (including phenoxy) is 5. The van der Waals surface area contributed by atoms with E-state index in [0.29, 0.717) is 19.4 Å². The highest BCUT2D eigenvalue weighted by Gasteiger charge is 2.60. The van der Waals surface area contributed by atoms with Crippen molar-refractivity contribution in [1.29, 1.82) is 0 Å². The van der Waals surface area contributed by atoms with Crippen molar-refractivity contribution in [2.75, 3.05) is 13.4 Å². The number of rotatable bonds is 0. The monoisotopic (exact) mass is 316 g/mol. The molecule has 0 aliphatic carbocycles. The van der Waals surface area contributed by atoms with Gasteiger partial charge in [0.2, 0.25) is 0 Å². The normalized spacial score (nSPS) is 58.4. The van der Waals surface area contributed by atoms with Crippen molar-refractivity contribution in [3.05, 3.63) is 0 Å². The van der Waals surface area contributed by atoms with Crippen LogP contribution in [0.25, 0.3) is 0 Å². The first kappa shape index (κ1) is 15.3. The number of hydrogen-bond donors (Lipinski definition) is 2. The fraction of sp³-hybridized carbons (Fsp3) is 1.00. The molecular formula is C15H24O7. The minimum absolute atomic E-state index is 0.0695. The standard InChI is InChI=1S/C15H24O7/c1-7-8(16)3-12-15(2,22-7)14(17)13-10(20-12)4-9-11(21-13)5-18-6-19-9/h7-14,16-17H,3-6H2,1-2H3/t7-,8+,9-,10+,11+,12-,13+,14+,15-/m0/s1. The highest BCUT2D eigenvalue weighted by Crippen LogP contribution is 2.44. The van der Waals surface area contributed by atoms with E-state index < -0.39 is 23.9 Å². The van der Waals surface area contributed by atoms with Gasteiger partial charge in [-0.3, -0.25) is 0 Å². The summed E-state index contributed by atoms with van der Waals surface area (Å²) in [6.45, 7) is 4.39. The van der Waals surface area contributed by atoms with Crippen LogP contribution >= 0.6 is 0 Å². The van der Waals surface area contributed by atoms with Gasteiger partial charge < -0.3 is 33.9 Å². The minimum atomic E-state index is -0.872. The van der Waals surface area contributed by atoms with Crippen molar-refractivity contribution in [3.8, 4) is 0 Å². The molecule has 0 unspecified atom stereocenters. The van der Waals surface area contributed by atoms with Crippen LogP contribution in [0.2, 0.25) is 0 Å². The summed E-state index contributed by atoms with van der Waals surface area (Å²) in [5.74, 6) is 0. The zero-order valence-corrected chi connectivity index (χ0v) is 12.9. The number of hydrogen-bond acceptors (Lipinski definition) is 7. The third-order valence-corrected chi connectivity index (χ3v) is 5.54. The van der Waals surface area contributed by atoms with Gasteiger partial charge in [-0.2, -0.15) is 0 Å². The van der Waals surface area contributed by atoms with Crippen LogP contribution in [0.15, 0.2) is 0 Å². The molecular weight excluding hydrogens is 292 g/mol. The van der Waals surface area contributed by atoms with E-state index in [1.54, 1.807) is 0 Å². The Balaban J connectivity index is 1.57. The van der Waals surface area contributed by atoms with Crippen molar-refractivity contribution in [2.24, 2.45) is 0 Å². The molecule has 0 radical (unpaired) electrons. The maximum absolute atomic E-state index is 10.9. The van der Waals surface area contributed by atoms with Gasteiger partial charge in [0.25, 0.3) is 0 Å². The van der Waals surface area contributed by atoms with Crippen molar-refractivity contribution in [3.63, 3.8) is 0 Å². The second kappa shape index (κ2) is 5.37. The molecule has 0 amide bonds. The molecule has 4 heterocycles. The molecule has 4 saturated heterocycles. The van der Waals surface area contributed by atoms with E-state index in [1.165, 1.54) is 0 Å². The molecule has 4 aliphatic rings. The first-order valence-electron chi connectivity index (χ1n) is 8.03. The van der Waals surface area contributed by atoms with Crippen molar-refractivity contribution in [2.45, 2.75) is 81.1 Å². The maximum Gasteiger partial charge on any atom is 0.147 e. The average molecular weight is 316 g/mol. The van der Waals surface area contributed by atoms with Crippen molar-refractivity contribution >= 4 is 0 Å². The SMILES string of the molecule is C[C@@H]1O[C@@]2(C)[C@H](C[C@H]1O)O[C@@H]1C[C@@H]3OCOC[C@H]3O[C@H]1[C@H]2O. The molecule has 2 N–H and O–H groups in total. The molecule has 0 aromatic carbocycles. The van der Waals surface area contributed by atoms with Crippen LogP contribution in [0, 0.1) is 0 Å². The van der Waals surface area contributed by atoms with E-state index in [-0.39, 0.29) is 37.3 Å². The van der Waals surface area contributed by atoms with E-state index in [0.717, 1.165) is 0 Å². The Labute approximate surface area is 129 Å². The largest absolute Gasteiger partial charge is 0.390 e. The van der Waals surface area contributed by atoms with Crippen LogP contribution in [-0.2, 0) is 23.7 Å². The molecule has 126 valence electrons. The van der Waals surface area contributed by atoms with Gasteiger partial charge in [-0.1, -0.05) is 0 Å². The molecule has 9 atom stereocenters. The molecule has 0 saturated carbocycles. The first-order valence-corrected chi connectivity index (χ1v) is 8.03. The van der Waals surface area contributed by atoms with Crippen LogP contribution in [0.5, 0.6) is 0 Å². The summed E-state index contributed by atoms with van der Waals surface area (Å²) in [7, 11) is 0. The molecule has 4 rings (SSSR count). The summed E-state index contributed by atoms with van der Waals surface area (Å²) in [4.78, 5) is 0. The smallest absolute Gasteiger partial charge is 0.147 e. The van der Waals surface area contributed by atoms with Gasteiger partial charge in [-0.05, 0) is 13.8 Å². The molecule has 0 aromatic heterocycles. The van der Waals surface area contributed by atoms with Gasteiger partial charge in [-0.25, -0.2) is 0 Å². The Morgan fingerprint density at radius 2 is 1.86 bits per heavy atom. The zero-order chi connectivity index (χ0) is 15.5. The highest BCUT2D eigenvalue weighted by atomic mass is 16.7. The lowest BCUT2D eigenvalue weighted by Crippen LogP contribution is -2.72. The summed E-state index contributed by atoms with van der Waals surface area (Å²) in [6.07, 6.45) is -1.94. The Hall–Kier alpha value is -0.280. The lowest BCUT2D eigenvalue weighted by atomic mass is 9.76. The second-order valence-electron chi connectivity index (χ2n) is 6.99. The summed E-state index contributed by atoms with van der Waals surface area (Å²) in [5.41, 5.74) is -0.872. The lowest BCUT2D eigenvalue weighted by molar-refractivity contribution is -0.360. The van der Waals surface area contributed by atoms with Gasteiger partial charge in [-0.15, -0.1) is 0 Å². The predicted octanol–water partition coefficient (Wildman–Crippen LogP) is -0.426. The quantitative estimate of drug-likeness (QED) is 0.627. The summed E-state index contributed by atoms with van der Waals surface area (Å²) < 4.78 is 28.9. The third-order valence-electron chi connectivity index (χ3n) is 5.54. The topological polar surface area (TPSA) is 86.6 Å². The van der Waals surface area contributed by atoms with Crippen LogP contribution in [0.4, 0.5) is 0 Å². The maximum atomic E-state index is 10.9. The molecule has 0 bridgehead atoms. The van der Waals surface area contributed by atoms with Gasteiger partial charge in [0.1, 0.15) is 30.7 Å². The zero-order valence-electron chi connectivity index (χ0n) is 12.9. The van der Waals surface area contributed by atoms with E-state index in [1.807, 2.05) is 13.8 Å². The average Bonchev–Trinajstić information content (AvgIpc) is 2.50. The predicted molar refractivity (Wildman–Crippen MR) is 73.2 cm³/mol. The van der Waals surface area contributed by atoms with E-state index >= 15 is 0 Å². The van der Waals surface area contributed by atoms with Gasteiger partial charge in [0, 0.05) is 12.8 Å². The molecule has 7 nitrogen and oxygen atoms in total. The third kappa shape index (κ3) is 2.23. The number of fused-ring (bicyclic) bond motifs is 3. The Morgan fingerprint density at radius 3 is 2.68 bits per heavy atom. The van der Waals surface area contributed by atoms with Gasteiger partial charge in [0.05, 0.1) is 37.1 Å². The molecule has 7 heteroatoms. The Kier molecular flexibility index (Phi) is 3.73. The van der Waals surface area contributed by atoms with Gasteiger partial charge in [0.15, 0.2) is 0 Å². The van der Waals surface area contributed by atoms with E-state index in [9.17, 15) is 10.2 Å². The number of aliphatic hydroxyl groups is 2. The summed E-state index contributed by atoms with van der Waals surface area (Å²) >= 11 is 0. The highest BCUT2D eigenvalue weighted by molar-refractivity contribution is 5.08. The minimum Gasteiger partial charge on any atom is -0.390 e. The molecule has 4 aliphatic heterocycles. The molecule has 0 spiro atoms. The first-order chi connectivity index (χ1) is 10.5. The van der Waals surface area contributed by atoms with E-state index in [2.05, 4.69) is 0 Å².